The number of carbonyl (C=O) groups is 2. The largest absolute Gasteiger partial charge is 0.496 e. The van der Waals surface area contributed by atoms with Crippen LogP contribution in [0.4, 0.5) is 5.69 Å². The van der Waals surface area contributed by atoms with E-state index in [0.29, 0.717) is 52.8 Å². The Kier molecular flexibility index (Phi) is 5.92. The number of halogens is 1. The van der Waals surface area contributed by atoms with Gasteiger partial charge in [-0.05, 0) is 43.2 Å². The third-order valence-corrected chi connectivity index (χ3v) is 6.12. The van der Waals surface area contributed by atoms with Crippen LogP contribution in [0.15, 0.2) is 47.7 Å². The van der Waals surface area contributed by atoms with E-state index in [1.807, 2.05) is 0 Å². The van der Waals surface area contributed by atoms with Crippen molar-refractivity contribution in [3.8, 4) is 17.2 Å². The number of Topliss-reactive ketones (excluding diaryl/α,β-unsaturated/α-hetero) is 1. The van der Waals surface area contributed by atoms with Crippen LogP contribution < -0.4 is 19.1 Å². The van der Waals surface area contributed by atoms with E-state index < -0.39 is 5.92 Å². The van der Waals surface area contributed by atoms with Crippen molar-refractivity contribution in [2.75, 3.05) is 26.2 Å². The Morgan fingerprint density at radius 1 is 0.903 bits per heavy atom. The first-order valence-electron chi connectivity index (χ1n) is 10.1. The number of methoxy groups -OCH3 is 3. The summed E-state index contributed by atoms with van der Waals surface area (Å²) >= 11 is 6.03. The second-order valence-electron chi connectivity index (χ2n) is 7.55. The number of ether oxygens (including phenoxy) is 3. The lowest BCUT2D eigenvalue weighted by Gasteiger charge is -2.38. The third kappa shape index (κ3) is 3.76. The maximum Gasteiger partial charge on any atom is 0.232 e. The van der Waals surface area contributed by atoms with Crippen LogP contribution in [0.2, 0.25) is 5.02 Å². The molecule has 0 N–H and O–H groups in total. The molecule has 2 aromatic rings. The number of hydrogen-bond donors (Lipinski definition) is 0. The first-order chi connectivity index (χ1) is 15.0. The second kappa shape index (κ2) is 8.63. The fourth-order valence-corrected chi connectivity index (χ4v) is 4.60. The van der Waals surface area contributed by atoms with Crippen molar-refractivity contribution in [1.29, 1.82) is 0 Å². The Hall–Kier alpha value is -2.99. The van der Waals surface area contributed by atoms with Gasteiger partial charge in [0.2, 0.25) is 5.91 Å². The summed E-state index contributed by atoms with van der Waals surface area (Å²) in [5.74, 6) is 1.19. The molecular formula is C24H24ClNO5. The quantitative estimate of drug-likeness (QED) is 0.660. The number of nitrogens with zero attached hydrogens (tertiary/aromatic N) is 1. The number of carbonyl (C=O) groups excluding carboxylic acids is 2. The van der Waals surface area contributed by atoms with E-state index in [4.69, 9.17) is 25.8 Å². The molecule has 0 unspecified atom stereocenters. The van der Waals surface area contributed by atoms with Gasteiger partial charge in [0.1, 0.15) is 5.75 Å². The van der Waals surface area contributed by atoms with E-state index >= 15 is 0 Å². The van der Waals surface area contributed by atoms with E-state index in [1.54, 1.807) is 62.6 Å². The number of ketones is 1. The van der Waals surface area contributed by atoms with Gasteiger partial charge in [0.25, 0.3) is 0 Å². The first kappa shape index (κ1) is 21.2. The van der Waals surface area contributed by atoms with Crippen LogP contribution in [0.1, 0.15) is 37.2 Å². The van der Waals surface area contributed by atoms with Crippen LogP contribution in [0, 0.1) is 0 Å². The summed E-state index contributed by atoms with van der Waals surface area (Å²) in [5.41, 5.74) is 2.89. The molecule has 1 aliphatic carbocycles. The summed E-state index contributed by atoms with van der Waals surface area (Å²) in [4.78, 5) is 28.1. The average Bonchev–Trinajstić information content (AvgIpc) is 2.78. The zero-order valence-corrected chi connectivity index (χ0v) is 18.5. The molecule has 6 nitrogen and oxygen atoms in total. The lowest BCUT2D eigenvalue weighted by atomic mass is 9.76. The highest BCUT2D eigenvalue weighted by molar-refractivity contribution is 6.30. The molecule has 2 aromatic carbocycles. The highest BCUT2D eigenvalue weighted by atomic mass is 35.5. The third-order valence-electron chi connectivity index (χ3n) is 5.87. The van der Waals surface area contributed by atoms with Gasteiger partial charge < -0.3 is 14.2 Å². The van der Waals surface area contributed by atoms with Crippen molar-refractivity contribution in [2.45, 2.75) is 31.6 Å². The molecule has 31 heavy (non-hydrogen) atoms. The Balaban J connectivity index is 1.89. The molecule has 1 aliphatic heterocycles. The van der Waals surface area contributed by atoms with E-state index in [0.717, 1.165) is 11.3 Å². The number of allylic oxidation sites excluding steroid dienone is 2. The SMILES string of the molecule is COc1cc(OC)c([C@@H]2CC(=O)N(c3ccc(Cl)cc3)C3=C2C(=O)CCC3)cc1OC. The van der Waals surface area contributed by atoms with Crippen LogP contribution in [-0.4, -0.2) is 33.0 Å². The Morgan fingerprint density at radius 2 is 1.55 bits per heavy atom. The van der Waals surface area contributed by atoms with Crippen LogP contribution in [0.25, 0.3) is 0 Å². The van der Waals surface area contributed by atoms with Crippen molar-refractivity contribution in [3.63, 3.8) is 0 Å². The molecule has 1 amide bonds. The lowest BCUT2D eigenvalue weighted by Crippen LogP contribution is -2.40. The molecule has 162 valence electrons. The van der Waals surface area contributed by atoms with Crippen molar-refractivity contribution in [2.24, 2.45) is 0 Å². The minimum absolute atomic E-state index is 0.0644. The molecule has 0 fully saturated rings. The minimum Gasteiger partial charge on any atom is -0.496 e. The van der Waals surface area contributed by atoms with Gasteiger partial charge in [-0.2, -0.15) is 0 Å². The molecule has 0 radical (unpaired) electrons. The molecule has 1 atom stereocenters. The van der Waals surface area contributed by atoms with Gasteiger partial charge in [0.05, 0.1) is 21.3 Å². The Labute approximate surface area is 186 Å². The molecule has 0 aromatic heterocycles. The monoisotopic (exact) mass is 441 g/mol. The second-order valence-corrected chi connectivity index (χ2v) is 7.98. The zero-order valence-electron chi connectivity index (χ0n) is 17.7. The van der Waals surface area contributed by atoms with Crippen molar-refractivity contribution < 1.29 is 23.8 Å². The van der Waals surface area contributed by atoms with Crippen LogP contribution in [0.5, 0.6) is 17.2 Å². The minimum atomic E-state index is -0.409. The van der Waals surface area contributed by atoms with Crippen molar-refractivity contribution in [3.05, 3.63) is 58.3 Å². The van der Waals surface area contributed by atoms with E-state index in [2.05, 4.69) is 0 Å². The molecule has 0 bridgehead atoms. The molecule has 4 rings (SSSR count). The molecule has 2 aliphatic rings. The highest BCUT2D eigenvalue weighted by Crippen LogP contribution is 2.48. The summed E-state index contributed by atoms with van der Waals surface area (Å²) in [6, 6.07) is 10.7. The maximum atomic E-state index is 13.4. The zero-order chi connectivity index (χ0) is 22.1. The molecule has 0 saturated heterocycles. The molecule has 0 saturated carbocycles. The van der Waals surface area contributed by atoms with Gasteiger partial charge in [-0.1, -0.05) is 11.6 Å². The fourth-order valence-electron chi connectivity index (χ4n) is 4.47. The smallest absolute Gasteiger partial charge is 0.232 e. The molecule has 7 heteroatoms. The number of anilines is 1. The van der Waals surface area contributed by atoms with Gasteiger partial charge in [0, 0.05) is 52.4 Å². The van der Waals surface area contributed by atoms with Gasteiger partial charge in [-0.15, -0.1) is 0 Å². The number of amides is 1. The van der Waals surface area contributed by atoms with Crippen LogP contribution in [-0.2, 0) is 9.59 Å². The van der Waals surface area contributed by atoms with E-state index in [1.165, 1.54) is 0 Å². The lowest BCUT2D eigenvalue weighted by molar-refractivity contribution is -0.119. The molecular weight excluding hydrogens is 418 g/mol. The Bertz CT molecular complexity index is 1060. The van der Waals surface area contributed by atoms with Gasteiger partial charge in [-0.3, -0.25) is 14.5 Å². The molecule has 0 spiro atoms. The highest BCUT2D eigenvalue weighted by Gasteiger charge is 2.41. The normalized spacial score (nSPS) is 18.7. The van der Waals surface area contributed by atoms with Crippen molar-refractivity contribution >= 4 is 29.0 Å². The average molecular weight is 442 g/mol. The summed E-state index contributed by atoms with van der Waals surface area (Å²) in [7, 11) is 4.67. The van der Waals surface area contributed by atoms with Crippen LogP contribution >= 0.6 is 11.6 Å². The van der Waals surface area contributed by atoms with Gasteiger partial charge in [-0.25, -0.2) is 0 Å². The Morgan fingerprint density at radius 3 is 2.19 bits per heavy atom. The topological polar surface area (TPSA) is 65.1 Å². The summed E-state index contributed by atoms with van der Waals surface area (Å²) in [5, 5.41) is 0.593. The van der Waals surface area contributed by atoms with E-state index in [-0.39, 0.29) is 18.1 Å². The summed E-state index contributed by atoms with van der Waals surface area (Å²) in [6.45, 7) is 0. The number of benzene rings is 2. The summed E-state index contributed by atoms with van der Waals surface area (Å²) in [6.07, 6.45) is 1.99. The summed E-state index contributed by atoms with van der Waals surface area (Å²) < 4.78 is 16.5. The fraction of sp³-hybridized carbons (Fsp3) is 0.333. The van der Waals surface area contributed by atoms with E-state index in [9.17, 15) is 9.59 Å². The van der Waals surface area contributed by atoms with Crippen molar-refractivity contribution in [1.82, 2.24) is 0 Å². The predicted molar refractivity (Wildman–Crippen MR) is 118 cm³/mol. The standard InChI is InChI=1S/C24H24ClNO5/c1-29-20-13-22(31-3)21(30-2)11-16(20)17-12-23(28)26(15-9-7-14(25)8-10-15)18-5-4-6-19(27)24(17)18/h7-11,13,17H,4-6,12H2,1-3H3/t17-/m0/s1. The predicted octanol–water partition coefficient (Wildman–Crippen LogP) is 4.89. The first-order valence-corrected chi connectivity index (χ1v) is 10.5. The van der Waals surface area contributed by atoms with Gasteiger partial charge >= 0.3 is 0 Å². The number of hydrogen-bond acceptors (Lipinski definition) is 5. The van der Waals surface area contributed by atoms with Gasteiger partial charge in [0.15, 0.2) is 17.3 Å². The van der Waals surface area contributed by atoms with Crippen LogP contribution in [0.3, 0.4) is 0 Å². The molecule has 1 heterocycles. The maximum absolute atomic E-state index is 13.4. The number of rotatable bonds is 5.